The van der Waals surface area contributed by atoms with E-state index in [2.05, 4.69) is 21.3 Å². The number of rotatable bonds is 13. The number of amides is 4. The molecule has 0 radical (unpaired) electrons. The summed E-state index contributed by atoms with van der Waals surface area (Å²) in [7, 11) is 5.72. The third-order valence-corrected chi connectivity index (χ3v) is 14.8. The first kappa shape index (κ1) is 67.4. The fraction of sp³-hybridized carbons (Fsp3) is 0.533. The molecule has 22 nitrogen and oxygen atoms in total. The Bertz CT molecular complexity index is 2550. The van der Waals surface area contributed by atoms with Crippen molar-refractivity contribution in [3.63, 3.8) is 0 Å². The minimum absolute atomic E-state index is 0.0394. The van der Waals surface area contributed by atoms with Gasteiger partial charge in [0, 0.05) is 87.8 Å². The highest BCUT2D eigenvalue weighted by Crippen LogP contribution is 2.31. The van der Waals surface area contributed by atoms with E-state index in [1.165, 1.54) is 66.6 Å². The summed E-state index contributed by atoms with van der Waals surface area (Å²) in [6.07, 6.45) is 6.61. The summed E-state index contributed by atoms with van der Waals surface area (Å²) < 4.78 is 33.7. The van der Waals surface area contributed by atoms with Gasteiger partial charge in [0.25, 0.3) is 11.8 Å². The lowest BCUT2D eigenvalue weighted by molar-refractivity contribution is -0.120. The van der Waals surface area contributed by atoms with Gasteiger partial charge in [-0.05, 0) is 89.2 Å². The summed E-state index contributed by atoms with van der Waals surface area (Å²) in [4.78, 5) is 108. The number of carbonyl (C=O) groups excluding carboxylic acids is 8. The van der Waals surface area contributed by atoms with E-state index in [0.717, 1.165) is 12.2 Å². The number of unbranched alkanes of at least 4 members (excludes halogenated alkanes) is 1. The van der Waals surface area contributed by atoms with Gasteiger partial charge in [-0.3, -0.25) is 28.8 Å². The smallest absolute Gasteiger partial charge is 0.405 e. The second kappa shape index (κ2) is 31.9. The number of ketones is 4. The van der Waals surface area contributed by atoms with Crippen LogP contribution in [0.5, 0.6) is 0 Å². The molecule has 0 spiro atoms. The molecule has 4 amide bonds. The van der Waals surface area contributed by atoms with E-state index in [-0.39, 0.29) is 95.7 Å². The number of Topliss-reactive ketones (excluding diaryl/α,β-unsaturated/α-hetero) is 2. The maximum absolute atomic E-state index is 14.3. The van der Waals surface area contributed by atoms with Crippen molar-refractivity contribution < 1.29 is 77.0 Å². The summed E-state index contributed by atoms with van der Waals surface area (Å²) in [5.74, 6) is -5.39. The average molecular weight is 1150 g/mol. The van der Waals surface area contributed by atoms with E-state index in [0.29, 0.717) is 24.0 Å². The number of aliphatic hydroxyl groups excluding tert-OH is 2. The van der Waals surface area contributed by atoms with Crippen LogP contribution in [0.25, 0.3) is 0 Å². The second-order valence-electron chi connectivity index (χ2n) is 21.4. The number of aliphatic hydroxyl groups is 2. The van der Waals surface area contributed by atoms with E-state index in [1.807, 2.05) is 13.8 Å². The zero-order valence-corrected chi connectivity index (χ0v) is 49.1. The summed E-state index contributed by atoms with van der Waals surface area (Å²) in [5.41, 5.74) is 12.1. The summed E-state index contributed by atoms with van der Waals surface area (Å²) in [6.45, 7) is 14.0. The second-order valence-corrected chi connectivity index (χ2v) is 21.4. The van der Waals surface area contributed by atoms with Crippen molar-refractivity contribution in [3.05, 3.63) is 117 Å². The molecule has 4 bridgehead atoms. The SMILES string of the molecule is CO[C@H]1/C=C\C=C(/C)C(=O)NC2=CC(=O)C(NCCCCNC3=C4C[C@@H](C)C[C@H](OC)[C@H](O)[C@@H](C)/C=C(\C)[C@H](OC(N)=O)[C@@H](OC)/C=C\C=C(/C)C(=O)NC(=CC3=O)C4=O)=C(C[C@@H](C)C[C@H](OC)[C@H](O)[C@@H](C)/C=C(\C)[C@@H]1OC(N)=O)C2=O. The Morgan fingerprint density at radius 3 is 1.26 bits per heavy atom. The number of hydrogen-bond acceptors (Lipinski definition) is 18. The standard InChI is InChI=1S/C60H84N6O16/c1-31-23-39-49(43(67)29-41(53(39)71)65-57(73)33(3)17-15-19-45(77-9)55(81-59(61)75)37(7)27-35(5)51(69)47(25-31)79-11)63-21-13-14-22-64-50-40-24-32(2)26-48(80-12)52(70)36(6)28-38(8)56(82-60(62)76)46(78-10)20-16-18-34(4)58(74)66-42(54(40)72)30-44(50)68/h15-20,27-32,35-36,45-48,51-52,55-56,63-64,69-70H,13-14,21-26H2,1-12H3,(H2,61,75)(H2,62,76)(H,65,73)(H,66,74)/b19-15-,20-16-,33-17+,34-18+,37-27+,38-28+/t31-,32-,35+,36+,45+,46+,47+,48+,51-,52-,55+,56+/m1/s1. The number of allylic oxidation sites excluding steroid dienone is 8. The van der Waals surface area contributed by atoms with Crippen LogP contribution in [0.4, 0.5) is 9.59 Å². The molecule has 2 aliphatic heterocycles. The Balaban J connectivity index is 1.60. The molecule has 0 aromatic heterocycles. The van der Waals surface area contributed by atoms with E-state index in [9.17, 15) is 48.6 Å². The molecule has 0 unspecified atom stereocenters. The Kier molecular flexibility index (Phi) is 26.3. The zero-order chi connectivity index (χ0) is 61.1. The van der Waals surface area contributed by atoms with Gasteiger partial charge >= 0.3 is 12.2 Å². The number of fused-ring (bicyclic) bond motifs is 4. The predicted octanol–water partition coefficient (Wildman–Crippen LogP) is 4.50. The third kappa shape index (κ3) is 18.7. The van der Waals surface area contributed by atoms with E-state index in [4.69, 9.17) is 39.9 Å². The molecule has 4 aliphatic rings. The topological polar surface area (TPSA) is 333 Å². The van der Waals surface area contributed by atoms with Crippen molar-refractivity contribution in [1.82, 2.24) is 21.3 Å². The third-order valence-electron chi connectivity index (χ3n) is 14.8. The van der Waals surface area contributed by atoms with Gasteiger partial charge in [-0.2, -0.15) is 0 Å². The van der Waals surface area contributed by atoms with E-state index < -0.39 is 108 Å². The van der Waals surface area contributed by atoms with Gasteiger partial charge in [-0.15, -0.1) is 0 Å². The van der Waals surface area contributed by atoms with Crippen molar-refractivity contribution in [2.75, 3.05) is 41.5 Å². The zero-order valence-electron chi connectivity index (χ0n) is 49.1. The van der Waals surface area contributed by atoms with Crippen LogP contribution in [-0.4, -0.2) is 148 Å². The van der Waals surface area contributed by atoms with Crippen LogP contribution >= 0.6 is 0 Å². The summed E-state index contributed by atoms with van der Waals surface area (Å²) in [6, 6.07) is 0. The highest BCUT2D eigenvalue weighted by molar-refractivity contribution is 6.24. The number of ether oxygens (including phenoxy) is 6. The van der Waals surface area contributed by atoms with E-state index >= 15 is 0 Å². The van der Waals surface area contributed by atoms with Crippen molar-refractivity contribution in [2.24, 2.45) is 35.1 Å². The highest BCUT2D eigenvalue weighted by Gasteiger charge is 2.36. The number of nitrogens with one attached hydrogen (secondary N) is 4. The Labute approximate surface area is 480 Å². The molecular weight excluding hydrogens is 1060 g/mol. The van der Waals surface area contributed by atoms with Crippen LogP contribution in [0.2, 0.25) is 0 Å². The van der Waals surface area contributed by atoms with Crippen molar-refractivity contribution in [2.45, 2.75) is 143 Å². The molecule has 0 fully saturated rings. The molecule has 0 aromatic carbocycles. The first-order valence-electron chi connectivity index (χ1n) is 27.4. The Hall–Kier alpha value is -7.08. The average Bonchev–Trinajstić information content (AvgIpc) is 3.52. The van der Waals surface area contributed by atoms with Gasteiger partial charge < -0.3 is 71.4 Å². The molecule has 12 atom stereocenters. The van der Waals surface area contributed by atoms with Gasteiger partial charge in [0.2, 0.25) is 23.1 Å². The molecule has 82 heavy (non-hydrogen) atoms. The Morgan fingerprint density at radius 2 is 0.939 bits per heavy atom. The number of methoxy groups -OCH3 is 4. The van der Waals surface area contributed by atoms with Gasteiger partial charge in [-0.25, -0.2) is 9.59 Å². The fourth-order valence-corrected chi connectivity index (χ4v) is 10.2. The minimum Gasteiger partial charge on any atom is -0.439 e. The van der Waals surface area contributed by atoms with Gasteiger partial charge in [0.15, 0.2) is 12.2 Å². The lowest BCUT2D eigenvalue weighted by Crippen LogP contribution is -2.38. The largest absolute Gasteiger partial charge is 0.439 e. The first-order valence-corrected chi connectivity index (χ1v) is 27.4. The highest BCUT2D eigenvalue weighted by atomic mass is 16.6. The number of hydrogen-bond donors (Lipinski definition) is 8. The van der Waals surface area contributed by atoms with Crippen LogP contribution in [0, 0.1) is 23.7 Å². The van der Waals surface area contributed by atoms with Gasteiger partial charge in [-0.1, -0.05) is 76.3 Å². The predicted molar refractivity (Wildman–Crippen MR) is 304 cm³/mol. The van der Waals surface area contributed by atoms with Gasteiger partial charge in [0.05, 0.1) is 47.2 Å². The van der Waals surface area contributed by atoms with Crippen molar-refractivity contribution in [1.29, 1.82) is 0 Å². The number of nitrogens with two attached hydrogens (primary N) is 2. The lowest BCUT2D eigenvalue weighted by atomic mass is 9.85. The number of primary amides is 2. The molecule has 4 rings (SSSR count). The molecule has 0 saturated carbocycles. The summed E-state index contributed by atoms with van der Waals surface area (Å²) >= 11 is 0. The molecule has 10 N–H and O–H groups in total. The Morgan fingerprint density at radius 1 is 0.585 bits per heavy atom. The lowest BCUT2D eigenvalue weighted by Gasteiger charge is -2.30. The molecule has 450 valence electrons. The fourth-order valence-electron chi connectivity index (χ4n) is 10.2. The molecule has 2 heterocycles. The maximum atomic E-state index is 14.3. The van der Waals surface area contributed by atoms with Crippen LogP contribution in [0.3, 0.4) is 0 Å². The molecule has 0 saturated heterocycles. The quantitative estimate of drug-likeness (QED) is 0.0715. The van der Waals surface area contributed by atoms with E-state index in [1.54, 1.807) is 52.0 Å². The van der Waals surface area contributed by atoms with Crippen LogP contribution in [0.15, 0.2) is 117 Å². The van der Waals surface area contributed by atoms with Crippen LogP contribution in [-0.2, 0) is 57.2 Å². The minimum atomic E-state index is -1.07. The molecule has 2 aliphatic carbocycles. The maximum Gasteiger partial charge on any atom is 0.405 e. The van der Waals surface area contributed by atoms with Crippen LogP contribution in [0.1, 0.15) is 93.9 Å². The van der Waals surface area contributed by atoms with Gasteiger partial charge in [0.1, 0.15) is 12.2 Å². The molecule has 22 heteroatoms. The summed E-state index contributed by atoms with van der Waals surface area (Å²) in [5, 5.41) is 34.7. The normalized spacial score (nSPS) is 32.4. The van der Waals surface area contributed by atoms with Crippen molar-refractivity contribution >= 4 is 47.1 Å². The van der Waals surface area contributed by atoms with Crippen molar-refractivity contribution in [3.8, 4) is 0 Å². The monoisotopic (exact) mass is 1140 g/mol. The van der Waals surface area contributed by atoms with Crippen LogP contribution < -0.4 is 32.7 Å². The molecule has 0 aromatic rings. The molecular formula is C60H84N6O16. The number of carbonyl (C=O) groups is 8. The first-order chi connectivity index (χ1) is 38.8.